The lowest BCUT2D eigenvalue weighted by atomic mass is 10.1. The van der Waals surface area contributed by atoms with Crippen LogP contribution in [-0.4, -0.2) is 29.0 Å². The van der Waals surface area contributed by atoms with Crippen molar-refractivity contribution >= 4 is 40.9 Å². The predicted molar refractivity (Wildman–Crippen MR) is 97.6 cm³/mol. The Kier molecular flexibility index (Phi) is 4.83. The van der Waals surface area contributed by atoms with Crippen LogP contribution in [0.25, 0.3) is 0 Å². The Labute approximate surface area is 150 Å². The summed E-state index contributed by atoms with van der Waals surface area (Å²) in [6.07, 6.45) is 0. The van der Waals surface area contributed by atoms with Gasteiger partial charge in [-0.3, -0.25) is 9.59 Å². The van der Waals surface area contributed by atoms with E-state index in [1.54, 1.807) is 24.1 Å². The average Bonchev–Trinajstić information content (AvgIpc) is 2.57. The molecule has 0 unspecified atom stereocenters. The van der Waals surface area contributed by atoms with Gasteiger partial charge in [0.1, 0.15) is 0 Å². The molecule has 1 N–H and O–H groups in total. The van der Waals surface area contributed by atoms with E-state index in [0.717, 1.165) is 10.5 Å². The molecule has 6 heteroatoms. The minimum atomic E-state index is -0.119. The highest BCUT2D eigenvalue weighted by Crippen LogP contribution is 2.36. The first-order valence-electron chi connectivity index (χ1n) is 7.55. The number of carbonyl (C=O) groups is 2. The van der Waals surface area contributed by atoms with Crippen LogP contribution in [-0.2, 0) is 11.3 Å². The van der Waals surface area contributed by atoms with E-state index in [1.807, 2.05) is 37.3 Å². The van der Waals surface area contributed by atoms with Crippen molar-refractivity contribution in [3.63, 3.8) is 0 Å². The first kappa shape index (κ1) is 16.9. The zero-order chi connectivity index (χ0) is 17.3. The number of fused-ring (bicyclic) bond motifs is 1. The molecule has 24 heavy (non-hydrogen) atoms. The third kappa shape index (κ3) is 3.57. The number of nitrogens with one attached hydrogen (secondary N) is 1. The largest absolute Gasteiger partial charge is 0.337 e. The quantitative estimate of drug-likeness (QED) is 0.898. The smallest absolute Gasteiger partial charge is 0.253 e. The summed E-state index contributed by atoms with van der Waals surface area (Å²) in [7, 11) is 1.76. The van der Waals surface area contributed by atoms with Crippen LogP contribution in [0.1, 0.15) is 22.8 Å². The number of anilines is 1. The lowest BCUT2D eigenvalue weighted by Gasteiger charge is -2.23. The summed E-state index contributed by atoms with van der Waals surface area (Å²) in [6, 6.07) is 12.8. The van der Waals surface area contributed by atoms with Crippen molar-refractivity contribution in [2.24, 2.45) is 0 Å². The van der Waals surface area contributed by atoms with Gasteiger partial charge in [-0.15, -0.1) is 11.8 Å². The molecule has 0 fully saturated rings. The second-order valence-corrected chi connectivity index (χ2v) is 7.57. The lowest BCUT2D eigenvalue weighted by Crippen LogP contribution is -2.28. The number of benzene rings is 2. The average molecular weight is 361 g/mol. The zero-order valence-electron chi connectivity index (χ0n) is 13.4. The molecule has 4 nitrogen and oxygen atoms in total. The third-order valence-corrected chi connectivity index (χ3v) is 5.27. The van der Waals surface area contributed by atoms with Gasteiger partial charge in [0.15, 0.2) is 0 Å². The summed E-state index contributed by atoms with van der Waals surface area (Å²) in [4.78, 5) is 27.1. The van der Waals surface area contributed by atoms with Gasteiger partial charge in [-0.2, -0.15) is 0 Å². The third-order valence-electron chi connectivity index (χ3n) is 3.84. The molecule has 2 amide bonds. The molecule has 1 heterocycles. The molecule has 1 aliphatic heterocycles. The first-order valence-corrected chi connectivity index (χ1v) is 8.81. The summed E-state index contributed by atoms with van der Waals surface area (Å²) in [6.45, 7) is 2.35. The van der Waals surface area contributed by atoms with E-state index in [4.69, 9.17) is 11.6 Å². The van der Waals surface area contributed by atoms with E-state index in [9.17, 15) is 9.59 Å². The van der Waals surface area contributed by atoms with Crippen LogP contribution in [0.4, 0.5) is 5.69 Å². The van der Waals surface area contributed by atoms with Crippen molar-refractivity contribution < 1.29 is 9.59 Å². The van der Waals surface area contributed by atoms with E-state index >= 15 is 0 Å². The van der Waals surface area contributed by atoms with Crippen LogP contribution in [0.15, 0.2) is 47.4 Å². The van der Waals surface area contributed by atoms with Crippen molar-refractivity contribution in [3.05, 3.63) is 58.6 Å². The van der Waals surface area contributed by atoms with Crippen LogP contribution in [0.5, 0.6) is 0 Å². The summed E-state index contributed by atoms with van der Waals surface area (Å²) < 4.78 is 0. The number of amides is 2. The number of rotatable bonds is 3. The normalized spacial score (nSPS) is 16.3. The molecular weight excluding hydrogens is 344 g/mol. The fourth-order valence-corrected chi connectivity index (χ4v) is 3.55. The predicted octanol–water partition coefficient (Wildman–Crippen LogP) is 4.04. The van der Waals surface area contributed by atoms with E-state index < -0.39 is 0 Å². The van der Waals surface area contributed by atoms with Crippen LogP contribution in [0, 0.1) is 0 Å². The molecule has 0 aliphatic carbocycles. The number of hydrogen-bond donors (Lipinski definition) is 1. The number of hydrogen-bond acceptors (Lipinski definition) is 3. The van der Waals surface area contributed by atoms with E-state index in [0.29, 0.717) is 22.8 Å². The van der Waals surface area contributed by atoms with E-state index in [1.165, 1.54) is 11.8 Å². The molecule has 1 aliphatic rings. The molecule has 2 aromatic rings. The first-order chi connectivity index (χ1) is 11.4. The number of carbonyl (C=O) groups excluding carboxylic acids is 2. The SMILES string of the molecule is C[C@H]1Sc2ccc(C(=O)N(C)Cc3ccc(Cl)cc3)cc2NC1=O. The second kappa shape index (κ2) is 6.87. The molecule has 0 aromatic heterocycles. The maximum absolute atomic E-state index is 12.6. The van der Waals surface area contributed by atoms with Gasteiger partial charge in [-0.05, 0) is 42.8 Å². The maximum Gasteiger partial charge on any atom is 0.253 e. The molecule has 0 radical (unpaired) electrons. The molecule has 0 spiro atoms. The molecule has 0 saturated carbocycles. The number of thioether (sulfide) groups is 1. The van der Waals surface area contributed by atoms with Crippen molar-refractivity contribution in [2.75, 3.05) is 12.4 Å². The molecule has 0 saturated heterocycles. The standard InChI is InChI=1S/C18H17ClN2O2S/c1-11-17(22)20-15-9-13(5-8-16(15)24-11)18(23)21(2)10-12-3-6-14(19)7-4-12/h3-9,11H,10H2,1-2H3,(H,20,22)/t11-/m1/s1. The zero-order valence-corrected chi connectivity index (χ0v) is 14.9. The summed E-state index contributed by atoms with van der Waals surface area (Å²) in [5.41, 5.74) is 2.26. The highest BCUT2D eigenvalue weighted by molar-refractivity contribution is 8.00. The van der Waals surface area contributed by atoms with Gasteiger partial charge in [-0.25, -0.2) is 0 Å². The Hall–Kier alpha value is -1.98. The van der Waals surface area contributed by atoms with Gasteiger partial charge in [-0.1, -0.05) is 23.7 Å². The highest BCUT2D eigenvalue weighted by Gasteiger charge is 2.24. The topological polar surface area (TPSA) is 49.4 Å². The van der Waals surface area contributed by atoms with Crippen molar-refractivity contribution in [1.82, 2.24) is 4.90 Å². The van der Waals surface area contributed by atoms with Crippen molar-refractivity contribution in [1.29, 1.82) is 0 Å². The van der Waals surface area contributed by atoms with Crippen LogP contribution in [0.2, 0.25) is 5.02 Å². The van der Waals surface area contributed by atoms with Gasteiger partial charge in [0, 0.05) is 29.1 Å². The molecule has 2 aromatic carbocycles. The fourth-order valence-electron chi connectivity index (χ4n) is 2.50. The minimum Gasteiger partial charge on any atom is -0.337 e. The fraction of sp³-hybridized carbons (Fsp3) is 0.222. The van der Waals surface area contributed by atoms with E-state index in [2.05, 4.69) is 5.32 Å². The lowest BCUT2D eigenvalue weighted by molar-refractivity contribution is -0.115. The van der Waals surface area contributed by atoms with Crippen LogP contribution < -0.4 is 5.32 Å². The Morgan fingerprint density at radius 3 is 2.67 bits per heavy atom. The van der Waals surface area contributed by atoms with Crippen molar-refractivity contribution in [3.8, 4) is 0 Å². The number of nitrogens with zero attached hydrogens (tertiary/aromatic N) is 1. The highest BCUT2D eigenvalue weighted by atomic mass is 35.5. The summed E-state index contributed by atoms with van der Waals surface area (Å²) in [5, 5.41) is 3.41. The minimum absolute atomic E-state index is 0.0355. The number of halogens is 1. The Bertz CT molecular complexity index is 792. The van der Waals surface area contributed by atoms with E-state index in [-0.39, 0.29) is 17.1 Å². The van der Waals surface area contributed by atoms with Gasteiger partial charge in [0.05, 0.1) is 10.9 Å². The summed E-state index contributed by atoms with van der Waals surface area (Å²) in [5.74, 6) is -0.128. The Morgan fingerprint density at radius 2 is 1.96 bits per heavy atom. The van der Waals surface area contributed by atoms with Gasteiger partial charge in [0.25, 0.3) is 5.91 Å². The van der Waals surface area contributed by atoms with Crippen LogP contribution in [0.3, 0.4) is 0 Å². The molecular formula is C18H17ClN2O2S. The Balaban J connectivity index is 1.76. The monoisotopic (exact) mass is 360 g/mol. The van der Waals surface area contributed by atoms with Gasteiger partial charge < -0.3 is 10.2 Å². The molecule has 3 rings (SSSR count). The van der Waals surface area contributed by atoms with Crippen LogP contribution >= 0.6 is 23.4 Å². The maximum atomic E-state index is 12.6. The van der Waals surface area contributed by atoms with Gasteiger partial charge in [0.2, 0.25) is 5.91 Å². The van der Waals surface area contributed by atoms with Crippen molar-refractivity contribution in [2.45, 2.75) is 23.6 Å². The molecule has 0 bridgehead atoms. The second-order valence-electron chi connectivity index (χ2n) is 5.75. The molecule has 1 atom stereocenters. The Morgan fingerprint density at radius 1 is 1.25 bits per heavy atom. The summed E-state index contributed by atoms with van der Waals surface area (Å²) >= 11 is 7.38. The van der Waals surface area contributed by atoms with Gasteiger partial charge >= 0.3 is 0 Å². The molecule has 124 valence electrons.